The van der Waals surface area contributed by atoms with Gasteiger partial charge in [-0.15, -0.1) is 0 Å². The molecular formula is C19H21N3O4S. The summed E-state index contributed by atoms with van der Waals surface area (Å²) in [6, 6.07) is 12.9. The van der Waals surface area contributed by atoms with Gasteiger partial charge in [0.2, 0.25) is 15.9 Å². The number of hydrogen-bond donors (Lipinski definition) is 1. The maximum absolute atomic E-state index is 13.0. The Morgan fingerprint density at radius 2 is 1.81 bits per heavy atom. The average Bonchev–Trinajstić information content (AvgIpc) is 2.67. The van der Waals surface area contributed by atoms with Crippen molar-refractivity contribution in [2.75, 3.05) is 29.9 Å². The number of carbonyl (C=O) groups excluding carboxylic acids is 2. The van der Waals surface area contributed by atoms with Gasteiger partial charge in [0.1, 0.15) is 6.54 Å². The van der Waals surface area contributed by atoms with Gasteiger partial charge in [-0.3, -0.25) is 14.5 Å². The van der Waals surface area contributed by atoms with Crippen LogP contribution in [0.2, 0.25) is 0 Å². The summed E-state index contributed by atoms with van der Waals surface area (Å²) in [6.45, 7) is 4.09. The first-order valence-corrected chi connectivity index (χ1v) is 10.1. The SMILES string of the molecule is CCN(CC)S(=O)(=O)c1cccc(C(=O)N2CC(=O)Nc3ccccc32)c1. The first-order valence-electron chi connectivity index (χ1n) is 8.69. The summed E-state index contributed by atoms with van der Waals surface area (Å²) in [5, 5.41) is 2.73. The summed E-state index contributed by atoms with van der Waals surface area (Å²) in [6.07, 6.45) is 0. The molecule has 2 aromatic rings. The summed E-state index contributed by atoms with van der Waals surface area (Å²) in [5.41, 5.74) is 1.35. The molecule has 0 radical (unpaired) electrons. The Morgan fingerprint density at radius 3 is 2.52 bits per heavy atom. The molecule has 0 bridgehead atoms. The van der Waals surface area contributed by atoms with Crippen LogP contribution in [-0.2, 0) is 14.8 Å². The highest BCUT2D eigenvalue weighted by atomic mass is 32.2. The fraction of sp³-hybridized carbons (Fsp3) is 0.263. The van der Waals surface area contributed by atoms with E-state index < -0.39 is 15.9 Å². The van der Waals surface area contributed by atoms with Crippen molar-refractivity contribution in [3.63, 3.8) is 0 Å². The van der Waals surface area contributed by atoms with Crippen molar-refractivity contribution in [3.05, 3.63) is 54.1 Å². The normalized spacial score (nSPS) is 14.0. The van der Waals surface area contributed by atoms with Crippen molar-refractivity contribution in [3.8, 4) is 0 Å². The number of benzene rings is 2. The zero-order chi connectivity index (χ0) is 19.6. The smallest absolute Gasteiger partial charge is 0.258 e. The van der Waals surface area contributed by atoms with E-state index in [2.05, 4.69) is 5.32 Å². The van der Waals surface area contributed by atoms with Crippen molar-refractivity contribution in [1.82, 2.24) is 4.31 Å². The van der Waals surface area contributed by atoms with E-state index in [4.69, 9.17) is 0 Å². The van der Waals surface area contributed by atoms with Crippen LogP contribution >= 0.6 is 0 Å². The van der Waals surface area contributed by atoms with Gasteiger partial charge in [0, 0.05) is 18.7 Å². The van der Waals surface area contributed by atoms with E-state index in [0.717, 1.165) is 0 Å². The highest BCUT2D eigenvalue weighted by Gasteiger charge is 2.29. The van der Waals surface area contributed by atoms with Crippen LogP contribution in [0.15, 0.2) is 53.4 Å². The molecule has 1 aliphatic heterocycles. The van der Waals surface area contributed by atoms with Crippen LogP contribution in [0.25, 0.3) is 0 Å². The Kier molecular flexibility index (Phi) is 5.29. The Labute approximate surface area is 158 Å². The lowest BCUT2D eigenvalue weighted by Crippen LogP contribution is -2.42. The Balaban J connectivity index is 1.99. The lowest BCUT2D eigenvalue weighted by atomic mass is 10.1. The van der Waals surface area contributed by atoms with Crippen LogP contribution in [0.5, 0.6) is 0 Å². The molecule has 142 valence electrons. The maximum Gasteiger partial charge on any atom is 0.258 e. The summed E-state index contributed by atoms with van der Waals surface area (Å²) >= 11 is 0. The van der Waals surface area contributed by atoms with Gasteiger partial charge in [-0.2, -0.15) is 4.31 Å². The molecule has 27 heavy (non-hydrogen) atoms. The molecule has 0 aliphatic carbocycles. The minimum atomic E-state index is -3.68. The minimum absolute atomic E-state index is 0.0618. The molecule has 3 rings (SSSR count). The number of hydrogen-bond acceptors (Lipinski definition) is 4. The highest BCUT2D eigenvalue weighted by molar-refractivity contribution is 7.89. The van der Waals surface area contributed by atoms with Crippen molar-refractivity contribution < 1.29 is 18.0 Å². The third-order valence-corrected chi connectivity index (χ3v) is 6.49. The zero-order valence-electron chi connectivity index (χ0n) is 15.2. The van der Waals surface area contributed by atoms with E-state index in [1.807, 2.05) is 0 Å². The summed E-state index contributed by atoms with van der Waals surface area (Å²) in [4.78, 5) is 26.4. The van der Waals surface area contributed by atoms with Crippen LogP contribution in [-0.4, -0.2) is 44.2 Å². The number of sulfonamides is 1. The first kappa shape index (κ1) is 19.1. The number of anilines is 2. The van der Waals surface area contributed by atoms with Crippen LogP contribution in [0.3, 0.4) is 0 Å². The van der Waals surface area contributed by atoms with Gasteiger partial charge in [0.15, 0.2) is 0 Å². The van der Waals surface area contributed by atoms with E-state index in [-0.39, 0.29) is 22.9 Å². The number of nitrogens with one attached hydrogen (secondary N) is 1. The molecule has 0 spiro atoms. The predicted molar refractivity (Wildman–Crippen MR) is 103 cm³/mol. The molecule has 1 N–H and O–H groups in total. The van der Waals surface area contributed by atoms with Crippen LogP contribution in [0.1, 0.15) is 24.2 Å². The summed E-state index contributed by atoms with van der Waals surface area (Å²) in [5.74, 6) is -0.720. The van der Waals surface area contributed by atoms with E-state index in [0.29, 0.717) is 24.5 Å². The van der Waals surface area contributed by atoms with E-state index in [1.165, 1.54) is 21.3 Å². The molecule has 1 aliphatic rings. The Morgan fingerprint density at radius 1 is 1.11 bits per heavy atom. The lowest BCUT2D eigenvalue weighted by molar-refractivity contribution is -0.115. The van der Waals surface area contributed by atoms with Gasteiger partial charge >= 0.3 is 0 Å². The lowest BCUT2D eigenvalue weighted by Gasteiger charge is -2.29. The number of carbonyl (C=O) groups is 2. The Bertz CT molecular complexity index is 984. The van der Waals surface area contributed by atoms with Crippen molar-refractivity contribution in [1.29, 1.82) is 0 Å². The van der Waals surface area contributed by atoms with Crippen molar-refractivity contribution in [2.45, 2.75) is 18.7 Å². The maximum atomic E-state index is 13.0. The quantitative estimate of drug-likeness (QED) is 0.853. The predicted octanol–water partition coefficient (Wildman–Crippen LogP) is 2.32. The molecule has 0 unspecified atom stereocenters. The molecule has 2 aromatic carbocycles. The molecule has 7 nitrogen and oxygen atoms in total. The second kappa shape index (κ2) is 7.50. The number of nitrogens with zero attached hydrogens (tertiary/aromatic N) is 2. The average molecular weight is 387 g/mol. The molecule has 0 saturated carbocycles. The minimum Gasteiger partial charge on any atom is -0.323 e. The number of para-hydroxylation sites is 2. The standard InChI is InChI=1S/C19H21N3O4S/c1-3-21(4-2)27(25,26)15-9-7-8-14(12-15)19(24)22-13-18(23)20-16-10-5-6-11-17(16)22/h5-12H,3-4,13H2,1-2H3,(H,20,23). The number of amides is 2. The topological polar surface area (TPSA) is 86.8 Å². The van der Waals surface area contributed by atoms with Gasteiger partial charge in [0.05, 0.1) is 16.3 Å². The van der Waals surface area contributed by atoms with Gasteiger partial charge in [-0.25, -0.2) is 8.42 Å². The summed E-state index contributed by atoms with van der Waals surface area (Å²) < 4.78 is 26.8. The third-order valence-electron chi connectivity index (χ3n) is 4.44. The second-order valence-corrected chi connectivity index (χ2v) is 8.01. The van der Waals surface area contributed by atoms with Gasteiger partial charge in [0.25, 0.3) is 5.91 Å². The molecule has 1 heterocycles. The van der Waals surface area contributed by atoms with Gasteiger partial charge in [-0.05, 0) is 30.3 Å². The molecule has 0 saturated heterocycles. The van der Waals surface area contributed by atoms with Crippen molar-refractivity contribution >= 4 is 33.2 Å². The third kappa shape index (κ3) is 3.58. The van der Waals surface area contributed by atoms with Crippen LogP contribution < -0.4 is 10.2 Å². The fourth-order valence-electron chi connectivity index (χ4n) is 3.07. The van der Waals surface area contributed by atoms with Crippen molar-refractivity contribution in [2.24, 2.45) is 0 Å². The molecule has 8 heteroatoms. The van der Waals surface area contributed by atoms with Gasteiger partial charge < -0.3 is 5.32 Å². The largest absolute Gasteiger partial charge is 0.323 e. The first-order chi connectivity index (χ1) is 12.9. The van der Waals surface area contributed by atoms with E-state index in [1.54, 1.807) is 50.2 Å². The van der Waals surface area contributed by atoms with E-state index >= 15 is 0 Å². The van der Waals surface area contributed by atoms with Crippen LogP contribution in [0.4, 0.5) is 11.4 Å². The highest BCUT2D eigenvalue weighted by Crippen LogP contribution is 2.30. The molecule has 0 fully saturated rings. The molecule has 0 atom stereocenters. The monoisotopic (exact) mass is 387 g/mol. The Hall–Kier alpha value is -2.71. The van der Waals surface area contributed by atoms with E-state index in [9.17, 15) is 18.0 Å². The molecule has 0 aromatic heterocycles. The second-order valence-electron chi connectivity index (χ2n) is 6.07. The number of fused-ring (bicyclic) bond motifs is 1. The molecular weight excluding hydrogens is 366 g/mol. The van der Waals surface area contributed by atoms with Gasteiger partial charge in [-0.1, -0.05) is 32.0 Å². The molecule has 2 amide bonds. The number of rotatable bonds is 5. The fourth-order valence-corrected chi connectivity index (χ4v) is 4.58. The zero-order valence-corrected chi connectivity index (χ0v) is 16.0. The van der Waals surface area contributed by atoms with Crippen LogP contribution in [0, 0.1) is 0 Å². The summed E-state index contributed by atoms with van der Waals surface area (Å²) in [7, 11) is -3.68.